The highest BCUT2D eigenvalue weighted by molar-refractivity contribution is 7.89. The van der Waals surface area contributed by atoms with Crippen LogP contribution in [0.4, 0.5) is 0 Å². The average molecular weight is 312 g/mol. The van der Waals surface area contributed by atoms with Crippen LogP contribution in [0.15, 0.2) is 23.1 Å². The van der Waals surface area contributed by atoms with Gasteiger partial charge in [0, 0.05) is 6.54 Å². The number of halogens is 2. The summed E-state index contributed by atoms with van der Waals surface area (Å²) in [5.41, 5.74) is 0. The first-order valence-electron chi connectivity index (χ1n) is 4.96. The maximum absolute atomic E-state index is 12.2. The van der Waals surface area contributed by atoms with Crippen molar-refractivity contribution < 1.29 is 18.3 Å². The van der Waals surface area contributed by atoms with Crippen LogP contribution in [-0.4, -0.2) is 36.9 Å². The molecule has 1 aromatic carbocycles. The molecule has 0 heterocycles. The number of carboxylic acid groups (broad SMARTS) is 1. The normalized spacial score (nSPS) is 11.8. The van der Waals surface area contributed by atoms with Crippen molar-refractivity contribution in [1.82, 2.24) is 4.31 Å². The van der Waals surface area contributed by atoms with E-state index in [0.29, 0.717) is 0 Å². The summed E-state index contributed by atoms with van der Waals surface area (Å²) in [4.78, 5) is 10.4. The van der Waals surface area contributed by atoms with E-state index >= 15 is 0 Å². The smallest absolute Gasteiger partial charge is 0.318 e. The fraction of sp³-hybridized carbons (Fsp3) is 0.300. The largest absolute Gasteiger partial charge is 0.480 e. The minimum atomic E-state index is -4.02. The van der Waals surface area contributed by atoms with Gasteiger partial charge in [-0.15, -0.1) is 0 Å². The highest BCUT2D eigenvalue weighted by Crippen LogP contribution is 2.31. The fourth-order valence-corrected chi connectivity index (χ4v) is 3.87. The standard InChI is InChI=1S/C10H11Cl2NO4S/c1-2-13(6-9(14)15)18(16,17)10-7(11)4-3-5-8(10)12/h3-5H,2,6H2,1H3,(H,14,15). The van der Waals surface area contributed by atoms with Crippen LogP contribution in [0.3, 0.4) is 0 Å². The van der Waals surface area contributed by atoms with Gasteiger partial charge in [-0.25, -0.2) is 8.42 Å². The predicted molar refractivity (Wildman–Crippen MR) is 68.5 cm³/mol. The zero-order valence-corrected chi connectivity index (χ0v) is 11.8. The van der Waals surface area contributed by atoms with E-state index in [4.69, 9.17) is 28.3 Å². The van der Waals surface area contributed by atoms with Gasteiger partial charge in [0.1, 0.15) is 11.4 Å². The molecule has 1 N–H and O–H groups in total. The monoisotopic (exact) mass is 311 g/mol. The summed E-state index contributed by atoms with van der Waals surface area (Å²) < 4.78 is 25.3. The molecular formula is C10H11Cl2NO4S. The minimum Gasteiger partial charge on any atom is -0.480 e. The molecule has 0 radical (unpaired) electrons. The first-order valence-corrected chi connectivity index (χ1v) is 7.16. The van der Waals surface area contributed by atoms with Crippen LogP contribution in [0.5, 0.6) is 0 Å². The number of aliphatic carboxylic acids is 1. The molecule has 5 nitrogen and oxygen atoms in total. The minimum absolute atomic E-state index is 0.0101. The van der Waals surface area contributed by atoms with Crippen molar-refractivity contribution in [3.05, 3.63) is 28.2 Å². The van der Waals surface area contributed by atoms with Gasteiger partial charge >= 0.3 is 5.97 Å². The molecule has 0 amide bonds. The zero-order valence-electron chi connectivity index (χ0n) is 9.43. The van der Waals surface area contributed by atoms with Crippen molar-refractivity contribution >= 4 is 39.2 Å². The summed E-state index contributed by atoms with van der Waals surface area (Å²) in [5, 5.41) is 8.62. The summed E-state index contributed by atoms with van der Waals surface area (Å²) in [6, 6.07) is 4.28. The van der Waals surface area contributed by atoms with Gasteiger partial charge in [0.05, 0.1) is 10.0 Å². The maximum atomic E-state index is 12.2. The van der Waals surface area contributed by atoms with Gasteiger partial charge in [0.2, 0.25) is 10.0 Å². The van der Waals surface area contributed by atoms with Crippen LogP contribution in [0.25, 0.3) is 0 Å². The number of rotatable bonds is 5. The van der Waals surface area contributed by atoms with E-state index in [1.54, 1.807) is 0 Å². The van der Waals surface area contributed by atoms with Gasteiger partial charge in [-0.2, -0.15) is 4.31 Å². The lowest BCUT2D eigenvalue weighted by molar-refractivity contribution is -0.137. The lowest BCUT2D eigenvalue weighted by atomic mass is 10.4. The average Bonchev–Trinajstić information content (AvgIpc) is 2.24. The number of sulfonamides is 1. The summed E-state index contributed by atoms with van der Waals surface area (Å²) in [7, 11) is -4.02. The summed E-state index contributed by atoms with van der Waals surface area (Å²) in [6.07, 6.45) is 0. The quantitative estimate of drug-likeness (QED) is 0.903. The Morgan fingerprint density at radius 3 is 2.22 bits per heavy atom. The van der Waals surface area contributed by atoms with Crippen LogP contribution in [0, 0.1) is 0 Å². The van der Waals surface area contributed by atoms with E-state index in [9.17, 15) is 13.2 Å². The molecule has 0 aliphatic heterocycles. The number of nitrogens with zero attached hydrogens (tertiary/aromatic N) is 1. The van der Waals surface area contributed by atoms with Gasteiger partial charge in [0.25, 0.3) is 0 Å². The second kappa shape index (κ2) is 5.88. The third kappa shape index (κ3) is 3.14. The molecule has 0 aliphatic rings. The third-order valence-electron chi connectivity index (χ3n) is 2.18. The van der Waals surface area contributed by atoms with E-state index in [1.807, 2.05) is 0 Å². The first kappa shape index (κ1) is 15.2. The number of hydrogen-bond donors (Lipinski definition) is 1. The zero-order chi connectivity index (χ0) is 13.9. The first-order chi connectivity index (χ1) is 8.30. The molecule has 100 valence electrons. The van der Waals surface area contributed by atoms with Crippen molar-refractivity contribution in [2.75, 3.05) is 13.1 Å². The molecule has 0 unspecified atom stereocenters. The summed E-state index contributed by atoms with van der Waals surface area (Å²) in [5.74, 6) is -1.25. The molecule has 8 heteroatoms. The van der Waals surface area contributed by atoms with Gasteiger partial charge < -0.3 is 5.11 Å². The molecule has 0 saturated heterocycles. The SMILES string of the molecule is CCN(CC(=O)O)S(=O)(=O)c1c(Cl)cccc1Cl. The van der Waals surface area contributed by atoms with E-state index in [-0.39, 0.29) is 21.5 Å². The van der Waals surface area contributed by atoms with Crippen LogP contribution in [-0.2, 0) is 14.8 Å². The van der Waals surface area contributed by atoms with Crippen molar-refractivity contribution in [3.63, 3.8) is 0 Å². The Bertz CT molecular complexity index is 539. The van der Waals surface area contributed by atoms with Gasteiger partial charge in [-0.05, 0) is 12.1 Å². The van der Waals surface area contributed by atoms with E-state index in [0.717, 1.165) is 4.31 Å². The van der Waals surface area contributed by atoms with E-state index < -0.39 is 22.5 Å². The Hall–Kier alpha value is -0.820. The number of hydrogen-bond acceptors (Lipinski definition) is 3. The van der Waals surface area contributed by atoms with Gasteiger partial charge in [-0.3, -0.25) is 4.79 Å². The molecule has 0 spiro atoms. The Morgan fingerprint density at radius 1 is 1.33 bits per heavy atom. The summed E-state index contributed by atoms with van der Waals surface area (Å²) >= 11 is 11.6. The number of carbonyl (C=O) groups is 1. The van der Waals surface area contributed by atoms with Crippen molar-refractivity contribution in [3.8, 4) is 0 Å². The maximum Gasteiger partial charge on any atom is 0.318 e. The second-order valence-corrected chi connectivity index (χ2v) is 6.06. The molecule has 0 aliphatic carbocycles. The van der Waals surface area contributed by atoms with Crippen molar-refractivity contribution in [2.45, 2.75) is 11.8 Å². The Kier molecular flexibility index (Phi) is 4.98. The molecule has 0 aromatic heterocycles. The fourth-order valence-electron chi connectivity index (χ4n) is 1.38. The highest BCUT2D eigenvalue weighted by Gasteiger charge is 2.29. The second-order valence-electron chi connectivity index (χ2n) is 3.38. The topological polar surface area (TPSA) is 74.7 Å². The molecule has 18 heavy (non-hydrogen) atoms. The highest BCUT2D eigenvalue weighted by atomic mass is 35.5. The van der Waals surface area contributed by atoms with Gasteiger partial charge in [-0.1, -0.05) is 36.2 Å². The number of benzene rings is 1. The Labute approximate surface area is 115 Å². The van der Waals surface area contributed by atoms with E-state index in [2.05, 4.69) is 0 Å². The van der Waals surface area contributed by atoms with Crippen LogP contribution < -0.4 is 0 Å². The molecule has 0 saturated carbocycles. The number of carboxylic acids is 1. The van der Waals surface area contributed by atoms with Crippen LogP contribution in [0.2, 0.25) is 10.0 Å². The van der Waals surface area contributed by atoms with E-state index in [1.165, 1.54) is 25.1 Å². The molecule has 0 bridgehead atoms. The molecule has 0 atom stereocenters. The van der Waals surface area contributed by atoms with Crippen LogP contribution >= 0.6 is 23.2 Å². The lowest BCUT2D eigenvalue weighted by Crippen LogP contribution is -2.35. The molecule has 1 aromatic rings. The van der Waals surface area contributed by atoms with Gasteiger partial charge in [0.15, 0.2) is 0 Å². The molecule has 1 rings (SSSR count). The van der Waals surface area contributed by atoms with Crippen molar-refractivity contribution in [1.29, 1.82) is 0 Å². The predicted octanol–water partition coefficient (Wildman–Crippen LogP) is 2.09. The third-order valence-corrected chi connectivity index (χ3v) is 5.06. The van der Waals surface area contributed by atoms with Crippen LogP contribution in [0.1, 0.15) is 6.92 Å². The summed E-state index contributed by atoms with van der Waals surface area (Å²) in [6.45, 7) is 0.905. The molecular weight excluding hydrogens is 301 g/mol. The Morgan fingerprint density at radius 2 is 1.83 bits per heavy atom. The van der Waals surface area contributed by atoms with Crippen molar-refractivity contribution in [2.24, 2.45) is 0 Å². The Balaban J connectivity index is 3.32. The molecule has 0 fully saturated rings. The number of likely N-dealkylation sites (N-methyl/N-ethyl adjacent to an activating group) is 1. The lowest BCUT2D eigenvalue weighted by Gasteiger charge is -2.19.